The molecule has 5 rings (SSSR count). The van der Waals surface area contributed by atoms with Gasteiger partial charge >= 0.3 is 5.97 Å². The number of carboxylic acids is 1. The van der Waals surface area contributed by atoms with Crippen molar-refractivity contribution in [2.24, 2.45) is 5.92 Å². The molecule has 6 nitrogen and oxygen atoms in total. The summed E-state index contributed by atoms with van der Waals surface area (Å²) in [6.45, 7) is 4.05. The first kappa shape index (κ1) is 17.6. The van der Waals surface area contributed by atoms with E-state index in [0.29, 0.717) is 11.3 Å². The maximum absolute atomic E-state index is 13.1. The van der Waals surface area contributed by atoms with Gasteiger partial charge in [-0.1, -0.05) is 13.8 Å². The number of fused-ring (bicyclic) bond motifs is 5. The van der Waals surface area contributed by atoms with Crippen molar-refractivity contribution in [3.05, 3.63) is 50.4 Å². The van der Waals surface area contributed by atoms with Crippen LogP contribution in [0.3, 0.4) is 0 Å². The molecule has 1 saturated carbocycles. The smallest absolute Gasteiger partial charge is 0.341 e. The quantitative estimate of drug-likeness (QED) is 0.605. The molecule has 1 fully saturated rings. The van der Waals surface area contributed by atoms with E-state index in [1.54, 1.807) is 10.8 Å². The fraction of sp³-hybridized carbons (Fsp3) is 0.333. The van der Waals surface area contributed by atoms with E-state index in [9.17, 15) is 14.7 Å². The summed E-state index contributed by atoms with van der Waals surface area (Å²) in [6, 6.07) is 5.28. The predicted molar refractivity (Wildman–Crippen MR) is 107 cm³/mol. The summed E-state index contributed by atoms with van der Waals surface area (Å²) < 4.78 is 14.4. The summed E-state index contributed by atoms with van der Waals surface area (Å²) in [4.78, 5) is 24.8. The molecule has 1 aliphatic carbocycles. The minimum atomic E-state index is -1.21. The van der Waals surface area contributed by atoms with E-state index in [1.165, 1.54) is 6.07 Å². The van der Waals surface area contributed by atoms with Gasteiger partial charge < -0.3 is 18.8 Å². The molecule has 28 heavy (non-hydrogen) atoms. The molecule has 1 atom stereocenters. The molecule has 7 heteroatoms. The average Bonchev–Trinajstić information content (AvgIpc) is 3.35. The highest BCUT2D eigenvalue weighted by Crippen LogP contribution is 2.51. The molecule has 1 N–H and O–H groups in total. The number of halogens is 1. The molecular formula is C21H18BrNO5. The summed E-state index contributed by atoms with van der Waals surface area (Å²) >= 11 is 3.55. The summed E-state index contributed by atoms with van der Waals surface area (Å²) in [7, 11) is 0. The zero-order chi connectivity index (χ0) is 19.7. The molecule has 1 aliphatic heterocycles. The van der Waals surface area contributed by atoms with Crippen LogP contribution < -0.4 is 10.3 Å². The lowest BCUT2D eigenvalue weighted by Crippen LogP contribution is -2.32. The Morgan fingerprint density at radius 1 is 1.32 bits per heavy atom. The van der Waals surface area contributed by atoms with Crippen molar-refractivity contribution in [2.45, 2.75) is 38.8 Å². The number of pyridine rings is 1. The lowest BCUT2D eigenvalue weighted by Gasteiger charge is -2.33. The van der Waals surface area contributed by atoms with E-state index in [0.717, 1.165) is 39.5 Å². The molecule has 0 bridgehead atoms. The Bertz CT molecular complexity index is 1200. The van der Waals surface area contributed by atoms with Crippen molar-refractivity contribution in [3.63, 3.8) is 0 Å². The first-order chi connectivity index (χ1) is 13.4. The topological polar surface area (TPSA) is 81.7 Å². The third-order valence-electron chi connectivity index (χ3n) is 5.46. The summed E-state index contributed by atoms with van der Waals surface area (Å²) in [5.74, 6) is -0.443. The summed E-state index contributed by atoms with van der Waals surface area (Å²) in [5.41, 5.74) is 2.34. The van der Waals surface area contributed by atoms with E-state index >= 15 is 0 Å². The van der Waals surface area contributed by atoms with E-state index < -0.39 is 11.5 Å². The number of rotatable bonds is 3. The van der Waals surface area contributed by atoms with Gasteiger partial charge in [-0.2, -0.15) is 0 Å². The van der Waals surface area contributed by atoms with Crippen molar-refractivity contribution in [1.29, 1.82) is 0 Å². The molecule has 2 aromatic heterocycles. The molecule has 3 aromatic rings. The fourth-order valence-corrected chi connectivity index (χ4v) is 4.59. The van der Waals surface area contributed by atoms with Crippen molar-refractivity contribution in [2.75, 3.05) is 0 Å². The minimum Gasteiger partial charge on any atom is -0.484 e. The van der Waals surface area contributed by atoms with Gasteiger partial charge in [0.05, 0.1) is 21.8 Å². The first-order valence-electron chi connectivity index (χ1n) is 9.28. The van der Waals surface area contributed by atoms with Gasteiger partial charge in [0.1, 0.15) is 17.4 Å². The second kappa shape index (κ2) is 5.98. The lowest BCUT2D eigenvalue weighted by molar-refractivity contribution is 0.0693. The minimum absolute atomic E-state index is 0.0261. The average molecular weight is 444 g/mol. The van der Waals surface area contributed by atoms with E-state index in [-0.39, 0.29) is 23.6 Å². The van der Waals surface area contributed by atoms with Crippen LogP contribution >= 0.6 is 15.9 Å². The highest BCUT2D eigenvalue weighted by molar-refractivity contribution is 9.10. The van der Waals surface area contributed by atoms with Gasteiger partial charge in [-0.3, -0.25) is 4.79 Å². The number of carbonyl (C=O) groups is 1. The molecule has 1 aromatic carbocycles. The zero-order valence-electron chi connectivity index (χ0n) is 15.4. The van der Waals surface area contributed by atoms with Gasteiger partial charge in [-0.25, -0.2) is 4.79 Å². The van der Waals surface area contributed by atoms with Crippen LogP contribution in [0.25, 0.3) is 22.2 Å². The van der Waals surface area contributed by atoms with E-state index in [2.05, 4.69) is 15.9 Å². The Balaban J connectivity index is 1.93. The molecule has 144 valence electrons. The Hall–Kier alpha value is -2.54. The number of carboxylic acid groups (broad SMARTS) is 1. The molecule has 0 radical (unpaired) electrons. The van der Waals surface area contributed by atoms with Crippen LogP contribution in [-0.4, -0.2) is 15.6 Å². The largest absolute Gasteiger partial charge is 0.484 e. The summed E-state index contributed by atoms with van der Waals surface area (Å²) in [6.07, 6.45) is 2.99. The molecule has 2 aliphatic rings. The number of aromatic nitrogens is 1. The molecular weight excluding hydrogens is 426 g/mol. The Labute approximate surface area is 168 Å². The monoisotopic (exact) mass is 443 g/mol. The second-order valence-electron chi connectivity index (χ2n) is 7.75. The highest BCUT2D eigenvalue weighted by Gasteiger charge is 2.38. The molecule has 0 spiro atoms. The number of ether oxygens (including phenoxy) is 1. The van der Waals surface area contributed by atoms with E-state index in [4.69, 9.17) is 9.15 Å². The van der Waals surface area contributed by atoms with Crippen LogP contribution in [0.15, 0.2) is 38.1 Å². The fourth-order valence-electron chi connectivity index (χ4n) is 4.06. The molecule has 0 unspecified atom stereocenters. The van der Waals surface area contributed by atoms with Crippen molar-refractivity contribution >= 4 is 32.9 Å². The van der Waals surface area contributed by atoms with Crippen molar-refractivity contribution in [1.82, 2.24) is 4.57 Å². The van der Waals surface area contributed by atoms with Gasteiger partial charge in [-0.15, -0.1) is 0 Å². The SMILES string of the molecule is CC(C)[C@@H]1Oc2c(cc(Br)c3occc23)-c2c1cc(C(=O)O)c(=O)n2C1CC1. The van der Waals surface area contributed by atoms with Crippen LogP contribution in [0, 0.1) is 5.92 Å². The van der Waals surface area contributed by atoms with E-state index in [1.807, 2.05) is 26.0 Å². The number of benzene rings is 1. The Morgan fingerprint density at radius 2 is 2.07 bits per heavy atom. The number of hydrogen-bond acceptors (Lipinski definition) is 4. The number of furan rings is 1. The van der Waals surface area contributed by atoms with Crippen LogP contribution in [0.5, 0.6) is 5.75 Å². The lowest BCUT2D eigenvalue weighted by atomic mass is 9.89. The predicted octanol–water partition coefficient (Wildman–Crippen LogP) is 5.15. The number of hydrogen-bond donors (Lipinski definition) is 1. The van der Waals surface area contributed by atoms with Gasteiger partial charge in [-0.05, 0) is 52.9 Å². The van der Waals surface area contributed by atoms with Crippen LogP contribution in [-0.2, 0) is 0 Å². The Morgan fingerprint density at radius 3 is 2.71 bits per heavy atom. The molecule has 0 saturated heterocycles. The first-order valence-corrected chi connectivity index (χ1v) is 10.1. The highest BCUT2D eigenvalue weighted by atomic mass is 79.9. The van der Waals surface area contributed by atoms with Crippen molar-refractivity contribution in [3.8, 4) is 17.0 Å². The van der Waals surface area contributed by atoms with Crippen molar-refractivity contribution < 1.29 is 19.1 Å². The maximum atomic E-state index is 13.1. The normalized spacial score (nSPS) is 18.1. The third kappa shape index (κ3) is 2.38. The number of nitrogens with zero attached hydrogens (tertiary/aromatic N) is 1. The Kier molecular flexibility index (Phi) is 3.75. The van der Waals surface area contributed by atoms with Crippen LogP contribution in [0.1, 0.15) is 54.8 Å². The van der Waals surface area contributed by atoms with Crippen LogP contribution in [0.4, 0.5) is 0 Å². The second-order valence-corrected chi connectivity index (χ2v) is 8.61. The van der Waals surface area contributed by atoms with Crippen LogP contribution in [0.2, 0.25) is 0 Å². The molecule has 3 heterocycles. The third-order valence-corrected chi connectivity index (χ3v) is 6.05. The zero-order valence-corrected chi connectivity index (χ0v) is 16.9. The summed E-state index contributed by atoms with van der Waals surface area (Å²) in [5, 5.41) is 10.4. The molecule has 0 amide bonds. The maximum Gasteiger partial charge on any atom is 0.341 e. The number of aromatic carboxylic acids is 1. The van der Waals surface area contributed by atoms with Gasteiger partial charge in [0.25, 0.3) is 5.56 Å². The standard InChI is InChI=1S/C21H18BrNO5/c1-9(2)17-12-7-14(21(25)26)20(24)23(10-3-4-10)16(12)13-8-15(22)19-11(5-6-27-19)18(13)28-17/h5-10,17H,3-4H2,1-2H3,(H,25,26)/t17-/m0/s1. The van der Waals surface area contributed by atoms with Gasteiger partial charge in [0, 0.05) is 17.2 Å². The van der Waals surface area contributed by atoms with Gasteiger partial charge in [0.2, 0.25) is 0 Å². The van der Waals surface area contributed by atoms with Gasteiger partial charge in [0.15, 0.2) is 5.58 Å².